The van der Waals surface area contributed by atoms with Crippen LogP contribution in [0.15, 0.2) is 66.2 Å². The van der Waals surface area contributed by atoms with E-state index in [4.69, 9.17) is 55.9 Å². The van der Waals surface area contributed by atoms with E-state index in [1.165, 1.54) is 13.8 Å². The van der Waals surface area contributed by atoms with Crippen molar-refractivity contribution in [1.29, 1.82) is 0 Å². The molecule has 2 fully saturated rings. The monoisotopic (exact) mass is 797 g/mol. The number of halogens is 7. The fraction of sp³-hybridized carbons (Fsp3) is 0.421. The second kappa shape index (κ2) is 15.7. The zero-order valence-electron chi connectivity index (χ0n) is 28.5. The van der Waals surface area contributed by atoms with Crippen molar-refractivity contribution >= 4 is 64.0 Å². The van der Waals surface area contributed by atoms with E-state index in [-0.39, 0.29) is 24.6 Å². The van der Waals surface area contributed by atoms with Crippen molar-refractivity contribution in [1.82, 2.24) is 15.1 Å². The highest BCUT2D eigenvalue weighted by atomic mass is 35.6. The number of carbonyl (C=O) groups is 2. The number of aryl methyl sites for hydroxylation is 1. The molecule has 2 atom stereocenters. The Hall–Kier alpha value is -3.15. The standard InChI is InChI=1S/C38H38Cl4F3N3O4/c1-37(2,38(40,41)42)52-36(50)48-26-18-27(23-11-9-22(10-12-23)6-5-17-51-34-30(44)16-15-29(43)33(34)45)32(31(48)20-46-19-26)35(49)47(25-13-14-25)21-24-7-3-4-8-28(24)39/h3-4,7-12,15-16,25-26,31,46H,5-6,13-14,17-21H2,1-2H3/t26-,31-/m1/s1. The molecule has 1 aliphatic carbocycles. The smallest absolute Gasteiger partial charge is 0.411 e. The summed E-state index contributed by atoms with van der Waals surface area (Å²) < 4.78 is 50.7. The van der Waals surface area contributed by atoms with Gasteiger partial charge in [-0.05, 0) is 86.4 Å². The van der Waals surface area contributed by atoms with E-state index in [2.05, 4.69) is 5.32 Å². The number of piperazine rings is 1. The maximum absolute atomic E-state index is 14.9. The van der Waals surface area contributed by atoms with Gasteiger partial charge in [0.25, 0.3) is 5.91 Å². The van der Waals surface area contributed by atoms with Crippen LogP contribution in [0.25, 0.3) is 5.57 Å². The van der Waals surface area contributed by atoms with Crippen molar-refractivity contribution < 1.29 is 32.2 Å². The van der Waals surface area contributed by atoms with Gasteiger partial charge in [0, 0.05) is 36.3 Å². The van der Waals surface area contributed by atoms with Gasteiger partial charge in [-0.3, -0.25) is 9.69 Å². The Morgan fingerprint density at radius 3 is 2.33 bits per heavy atom. The molecule has 2 heterocycles. The Balaban J connectivity index is 1.29. The Labute approximate surface area is 320 Å². The van der Waals surface area contributed by atoms with Crippen LogP contribution >= 0.6 is 46.4 Å². The Morgan fingerprint density at radius 2 is 1.65 bits per heavy atom. The Morgan fingerprint density at radius 1 is 0.962 bits per heavy atom. The quantitative estimate of drug-likeness (QED) is 0.119. The topological polar surface area (TPSA) is 71.1 Å². The number of hydrogen-bond donors (Lipinski definition) is 1. The molecule has 7 nitrogen and oxygen atoms in total. The molecular formula is C38H38Cl4F3N3O4. The number of hydrogen-bond acceptors (Lipinski definition) is 5. The molecule has 0 radical (unpaired) electrons. The van der Waals surface area contributed by atoms with Crippen LogP contribution in [0.2, 0.25) is 5.02 Å². The van der Waals surface area contributed by atoms with E-state index in [0.717, 1.165) is 41.2 Å². The summed E-state index contributed by atoms with van der Waals surface area (Å²) in [7, 11) is 0. The fourth-order valence-corrected chi connectivity index (χ4v) is 6.94. The summed E-state index contributed by atoms with van der Waals surface area (Å²) in [4.78, 5) is 32.2. The number of fused-ring (bicyclic) bond motifs is 2. The largest absolute Gasteiger partial charge is 0.488 e. The Bertz CT molecular complexity index is 1850. The van der Waals surface area contributed by atoms with Gasteiger partial charge in [0.15, 0.2) is 23.0 Å². The minimum atomic E-state index is -1.90. The molecular weight excluding hydrogens is 761 g/mol. The van der Waals surface area contributed by atoms with Crippen molar-refractivity contribution in [2.45, 2.75) is 80.0 Å². The van der Waals surface area contributed by atoms with E-state index in [1.54, 1.807) is 11.0 Å². The lowest BCUT2D eigenvalue weighted by Gasteiger charge is -2.48. The molecule has 0 aromatic heterocycles. The average Bonchev–Trinajstić information content (AvgIpc) is 3.94. The minimum absolute atomic E-state index is 0.0226. The number of nitrogens with one attached hydrogen (secondary N) is 1. The maximum Gasteiger partial charge on any atom is 0.411 e. The molecule has 3 aromatic rings. The summed E-state index contributed by atoms with van der Waals surface area (Å²) in [6, 6.07) is 15.7. The first-order valence-electron chi connectivity index (χ1n) is 17.1. The van der Waals surface area contributed by atoms with Crippen molar-refractivity contribution in [3.63, 3.8) is 0 Å². The molecule has 1 saturated heterocycles. The van der Waals surface area contributed by atoms with Gasteiger partial charge in [-0.1, -0.05) is 88.9 Å². The predicted octanol–water partition coefficient (Wildman–Crippen LogP) is 9.05. The summed E-state index contributed by atoms with van der Waals surface area (Å²) in [6.07, 6.45) is 2.31. The molecule has 0 spiro atoms. The normalized spacial score (nSPS) is 19.1. The van der Waals surface area contributed by atoms with Crippen LogP contribution in [-0.4, -0.2) is 69.0 Å². The van der Waals surface area contributed by atoms with Crippen molar-refractivity contribution in [2.24, 2.45) is 0 Å². The van der Waals surface area contributed by atoms with Gasteiger partial charge in [0.1, 0.15) is 0 Å². The summed E-state index contributed by atoms with van der Waals surface area (Å²) in [6.45, 7) is 4.09. The van der Waals surface area contributed by atoms with Gasteiger partial charge in [-0.15, -0.1) is 0 Å². The fourth-order valence-electron chi connectivity index (χ4n) is 6.63. The van der Waals surface area contributed by atoms with Crippen molar-refractivity contribution in [3.05, 3.63) is 105 Å². The van der Waals surface area contributed by atoms with Gasteiger partial charge in [-0.25, -0.2) is 13.6 Å². The van der Waals surface area contributed by atoms with Crippen LogP contribution in [-0.2, 0) is 22.5 Å². The van der Waals surface area contributed by atoms with Crippen LogP contribution in [0.3, 0.4) is 0 Å². The summed E-state index contributed by atoms with van der Waals surface area (Å²) in [5.74, 6) is -4.44. The molecule has 52 heavy (non-hydrogen) atoms. The van der Waals surface area contributed by atoms with Gasteiger partial charge >= 0.3 is 6.09 Å². The second-order valence-corrected chi connectivity index (χ2v) is 16.5. The lowest BCUT2D eigenvalue weighted by atomic mass is 9.81. The van der Waals surface area contributed by atoms with Crippen LogP contribution in [0.4, 0.5) is 18.0 Å². The van der Waals surface area contributed by atoms with Crippen LogP contribution in [0.1, 0.15) is 56.2 Å². The third-order valence-electron chi connectivity index (χ3n) is 9.72. The summed E-state index contributed by atoms with van der Waals surface area (Å²) in [5.41, 5.74) is 2.41. The van der Waals surface area contributed by atoms with Gasteiger partial charge in [-0.2, -0.15) is 4.39 Å². The molecule has 3 aromatic carbocycles. The summed E-state index contributed by atoms with van der Waals surface area (Å²) >= 11 is 25.1. The molecule has 2 bridgehead atoms. The van der Waals surface area contributed by atoms with E-state index < -0.39 is 44.7 Å². The highest BCUT2D eigenvalue weighted by molar-refractivity contribution is 6.68. The first kappa shape index (κ1) is 38.6. The molecule has 6 rings (SSSR count). The van der Waals surface area contributed by atoms with Crippen molar-refractivity contribution in [2.75, 3.05) is 19.7 Å². The van der Waals surface area contributed by atoms with E-state index in [1.807, 2.05) is 47.4 Å². The number of ether oxygens (including phenoxy) is 2. The van der Waals surface area contributed by atoms with E-state index in [9.17, 15) is 22.8 Å². The van der Waals surface area contributed by atoms with Gasteiger partial charge in [0.05, 0.1) is 18.7 Å². The predicted molar refractivity (Wildman–Crippen MR) is 196 cm³/mol. The lowest BCUT2D eigenvalue weighted by Crippen LogP contribution is -2.64. The number of amides is 2. The lowest BCUT2D eigenvalue weighted by molar-refractivity contribution is -0.129. The number of rotatable bonds is 11. The number of benzene rings is 3. The molecule has 278 valence electrons. The molecule has 3 aliphatic rings. The number of alkyl halides is 3. The summed E-state index contributed by atoms with van der Waals surface area (Å²) in [5, 5.41) is 3.95. The number of carbonyl (C=O) groups excluding carboxylic acids is 2. The van der Waals surface area contributed by atoms with Crippen molar-refractivity contribution in [3.8, 4) is 5.75 Å². The molecule has 2 aliphatic heterocycles. The Kier molecular flexibility index (Phi) is 11.6. The van der Waals surface area contributed by atoms with E-state index >= 15 is 0 Å². The first-order chi connectivity index (χ1) is 24.7. The van der Waals surface area contributed by atoms with Gasteiger partial charge < -0.3 is 19.7 Å². The molecule has 1 saturated carbocycles. The third-order valence-corrected chi connectivity index (χ3v) is 11.5. The molecule has 14 heteroatoms. The van der Waals surface area contributed by atoms with Gasteiger partial charge in [0.2, 0.25) is 9.61 Å². The highest BCUT2D eigenvalue weighted by Gasteiger charge is 2.50. The maximum atomic E-state index is 14.9. The first-order valence-corrected chi connectivity index (χ1v) is 18.6. The molecule has 1 N–H and O–H groups in total. The minimum Gasteiger partial charge on any atom is -0.488 e. The van der Waals surface area contributed by atoms with Crippen LogP contribution in [0, 0.1) is 17.5 Å². The van der Waals surface area contributed by atoms with Crippen LogP contribution < -0.4 is 10.1 Å². The highest BCUT2D eigenvalue weighted by Crippen LogP contribution is 2.44. The number of nitrogens with zero attached hydrogens (tertiary/aromatic N) is 2. The zero-order valence-corrected chi connectivity index (χ0v) is 31.6. The molecule has 0 unspecified atom stereocenters. The van der Waals surface area contributed by atoms with E-state index in [0.29, 0.717) is 55.6 Å². The SMILES string of the molecule is CC(C)(OC(=O)N1[C@H]2CNC[C@@H]1C(C(=O)N(Cc1ccccc1Cl)C1CC1)=C(c1ccc(CCCOc3c(F)ccc(F)c3F)cc1)C2)C(Cl)(Cl)Cl. The second-order valence-electron chi connectivity index (χ2n) is 13.8. The molecule has 2 amide bonds. The van der Waals surface area contributed by atoms with Crippen LogP contribution in [0.5, 0.6) is 5.75 Å². The zero-order chi connectivity index (χ0) is 37.4. The average molecular weight is 800 g/mol. The third kappa shape index (κ3) is 8.31.